The third kappa shape index (κ3) is 3.01. The summed E-state index contributed by atoms with van der Waals surface area (Å²) in [5.41, 5.74) is 6.58. The lowest BCUT2D eigenvalue weighted by Gasteiger charge is -2.23. The van der Waals surface area contributed by atoms with Crippen LogP contribution in [0.1, 0.15) is 30.1 Å². The molecule has 1 saturated heterocycles. The van der Waals surface area contributed by atoms with E-state index < -0.39 is 6.04 Å². The zero-order valence-electron chi connectivity index (χ0n) is 11.4. The van der Waals surface area contributed by atoms with Crippen LogP contribution >= 0.6 is 0 Å². The Labute approximate surface area is 117 Å². The molecule has 0 aromatic heterocycles. The Balaban J connectivity index is 2.16. The average molecular weight is 277 g/mol. The number of para-hydroxylation sites is 1. The van der Waals surface area contributed by atoms with Crippen molar-refractivity contribution < 1.29 is 14.3 Å². The van der Waals surface area contributed by atoms with Gasteiger partial charge in [0.05, 0.1) is 17.9 Å². The molecular formula is C14H19N3O3. The molecule has 1 aliphatic rings. The molecule has 1 heterocycles. The first-order valence-electron chi connectivity index (χ1n) is 6.73. The third-order valence-corrected chi connectivity index (χ3v) is 3.17. The molecule has 1 aliphatic heterocycles. The number of carbonyl (C=O) groups is 2. The predicted octanol–water partition coefficient (Wildman–Crippen LogP) is 0.676. The second-order valence-electron chi connectivity index (χ2n) is 4.62. The standard InChI is InChI=1S/C14H19N3O3/c1-2-20-12-9(5-3-6-10(12)15)13(18)17-11-7-4-8-16-14(11)19/h3,5-6,11H,2,4,7-8,15H2,1H3,(H,16,19)(H,17,18). The highest BCUT2D eigenvalue weighted by atomic mass is 16.5. The normalized spacial score (nSPS) is 18.2. The quantitative estimate of drug-likeness (QED) is 0.705. The Morgan fingerprint density at radius 2 is 2.35 bits per heavy atom. The number of amides is 2. The van der Waals surface area contributed by atoms with Crippen molar-refractivity contribution in [3.63, 3.8) is 0 Å². The molecule has 1 fully saturated rings. The molecule has 1 aromatic carbocycles. The molecule has 1 atom stereocenters. The van der Waals surface area contributed by atoms with Gasteiger partial charge in [0, 0.05) is 6.54 Å². The Kier molecular flexibility index (Phi) is 4.45. The molecule has 0 saturated carbocycles. The fraction of sp³-hybridized carbons (Fsp3) is 0.429. The monoisotopic (exact) mass is 277 g/mol. The summed E-state index contributed by atoms with van der Waals surface area (Å²) in [5, 5.41) is 5.45. The molecule has 1 aromatic rings. The maximum Gasteiger partial charge on any atom is 0.255 e. The number of carbonyl (C=O) groups excluding carboxylic acids is 2. The van der Waals surface area contributed by atoms with Crippen molar-refractivity contribution >= 4 is 17.5 Å². The van der Waals surface area contributed by atoms with Gasteiger partial charge in [-0.05, 0) is 31.9 Å². The number of nitrogens with two attached hydrogens (primary N) is 1. The number of anilines is 1. The van der Waals surface area contributed by atoms with Gasteiger partial charge in [-0.2, -0.15) is 0 Å². The van der Waals surface area contributed by atoms with Gasteiger partial charge in [0.25, 0.3) is 5.91 Å². The van der Waals surface area contributed by atoms with E-state index in [4.69, 9.17) is 10.5 Å². The zero-order chi connectivity index (χ0) is 14.5. The summed E-state index contributed by atoms with van der Waals surface area (Å²) in [6.45, 7) is 2.90. The van der Waals surface area contributed by atoms with Gasteiger partial charge < -0.3 is 21.1 Å². The zero-order valence-corrected chi connectivity index (χ0v) is 11.4. The Hall–Kier alpha value is -2.24. The lowest BCUT2D eigenvalue weighted by atomic mass is 10.1. The SMILES string of the molecule is CCOc1c(N)cccc1C(=O)NC1CCCNC1=O. The van der Waals surface area contributed by atoms with E-state index in [1.54, 1.807) is 18.2 Å². The van der Waals surface area contributed by atoms with Gasteiger partial charge in [0.2, 0.25) is 5.91 Å². The molecule has 4 N–H and O–H groups in total. The number of piperidine rings is 1. The molecular weight excluding hydrogens is 258 g/mol. The smallest absolute Gasteiger partial charge is 0.255 e. The highest BCUT2D eigenvalue weighted by molar-refractivity contribution is 6.01. The molecule has 20 heavy (non-hydrogen) atoms. The number of ether oxygens (including phenoxy) is 1. The lowest BCUT2D eigenvalue weighted by molar-refractivity contribution is -0.124. The Bertz CT molecular complexity index is 516. The van der Waals surface area contributed by atoms with Crippen LogP contribution in [0.15, 0.2) is 18.2 Å². The molecule has 6 heteroatoms. The second-order valence-corrected chi connectivity index (χ2v) is 4.62. The summed E-state index contributed by atoms with van der Waals surface area (Å²) in [4.78, 5) is 23.9. The fourth-order valence-electron chi connectivity index (χ4n) is 2.18. The summed E-state index contributed by atoms with van der Waals surface area (Å²) < 4.78 is 5.42. The van der Waals surface area contributed by atoms with Crippen LogP contribution < -0.4 is 21.1 Å². The van der Waals surface area contributed by atoms with E-state index in [1.807, 2.05) is 6.92 Å². The van der Waals surface area contributed by atoms with Crippen LogP contribution in [0.2, 0.25) is 0 Å². The Morgan fingerprint density at radius 1 is 1.55 bits per heavy atom. The van der Waals surface area contributed by atoms with Crippen LogP contribution in [-0.2, 0) is 4.79 Å². The van der Waals surface area contributed by atoms with E-state index >= 15 is 0 Å². The van der Waals surface area contributed by atoms with Crippen molar-refractivity contribution in [2.75, 3.05) is 18.9 Å². The van der Waals surface area contributed by atoms with Crippen molar-refractivity contribution in [3.8, 4) is 5.75 Å². The second kappa shape index (κ2) is 6.27. The maximum absolute atomic E-state index is 12.3. The van der Waals surface area contributed by atoms with E-state index in [0.717, 1.165) is 6.42 Å². The van der Waals surface area contributed by atoms with Gasteiger partial charge in [-0.3, -0.25) is 9.59 Å². The number of benzene rings is 1. The van der Waals surface area contributed by atoms with Gasteiger partial charge in [0.1, 0.15) is 6.04 Å². The number of hydrogen-bond acceptors (Lipinski definition) is 4. The molecule has 108 valence electrons. The van der Waals surface area contributed by atoms with Crippen molar-refractivity contribution in [2.45, 2.75) is 25.8 Å². The minimum atomic E-state index is -0.493. The summed E-state index contributed by atoms with van der Waals surface area (Å²) in [6.07, 6.45) is 1.50. The highest BCUT2D eigenvalue weighted by Crippen LogP contribution is 2.26. The van der Waals surface area contributed by atoms with Crippen LogP contribution in [0.25, 0.3) is 0 Å². The molecule has 6 nitrogen and oxygen atoms in total. The van der Waals surface area contributed by atoms with Gasteiger partial charge in [-0.15, -0.1) is 0 Å². The van der Waals surface area contributed by atoms with Gasteiger partial charge in [-0.1, -0.05) is 6.07 Å². The number of rotatable bonds is 4. The van der Waals surface area contributed by atoms with Gasteiger partial charge in [0.15, 0.2) is 5.75 Å². The first-order chi connectivity index (χ1) is 9.63. The number of nitrogen functional groups attached to an aromatic ring is 1. The molecule has 0 bridgehead atoms. The number of hydrogen-bond donors (Lipinski definition) is 3. The van der Waals surface area contributed by atoms with Crippen molar-refractivity contribution in [3.05, 3.63) is 23.8 Å². The molecule has 0 spiro atoms. The topological polar surface area (TPSA) is 93.4 Å². The van der Waals surface area contributed by atoms with Gasteiger partial charge in [-0.25, -0.2) is 0 Å². The van der Waals surface area contributed by atoms with Crippen LogP contribution in [-0.4, -0.2) is 31.0 Å². The first-order valence-corrected chi connectivity index (χ1v) is 6.73. The Morgan fingerprint density at radius 3 is 3.05 bits per heavy atom. The van der Waals surface area contributed by atoms with E-state index in [9.17, 15) is 9.59 Å². The van der Waals surface area contributed by atoms with E-state index in [0.29, 0.717) is 36.6 Å². The minimum absolute atomic E-state index is 0.147. The largest absolute Gasteiger partial charge is 0.491 e. The maximum atomic E-state index is 12.3. The fourth-order valence-corrected chi connectivity index (χ4v) is 2.18. The molecule has 2 amide bonds. The summed E-state index contributed by atoms with van der Waals surface area (Å²) in [6, 6.07) is 4.51. The van der Waals surface area contributed by atoms with Crippen LogP contribution in [0.4, 0.5) is 5.69 Å². The third-order valence-electron chi connectivity index (χ3n) is 3.17. The first kappa shape index (κ1) is 14.2. The van der Waals surface area contributed by atoms with Crippen molar-refractivity contribution in [2.24, 2.45) is 0 Å². The molecule has 0 radical (unpaired) electrons. The van der Waals surface area contributed by atoms with E-state index in [-0.39, 0.29) is 11.8 Å². The predicted molar refractivity (Wildman–Crippen MR) is 75.5 cm³/mol. The van der Waals surface area contributed by atoms with E-state index in [1.165, 1.54) is 0 Å². The number of nitrogens with one attached hydrogen (secondary N) is 2. The van der Waals surface area contributed by atoms with Crippen LogP contribution in [0.5, 0.6) is 5.75 Å². The molecule has 0 aliphatic carbocycles. The van der Waals surface area contributed by atoms with Crippen molar-refractivity contribution in [1.82, 2.24) is 10.6 Å². The highest BCUT2D eigenvalue weighted by Gasteiger charge is 2.25. The molecule has 1 unspecified atom stereocenters. The summed E-state index contributed by atoms with van der Waals surface area (Å²) in [5.74, 6) is -0.127. The van der Waals surface area contributed by atoms with Gasteiger partial charge >= 0.3 is 0 Å². The van der Waals surface area contributed by atoms with Crippen molar-refractivity contribution in [1.29, 1.82) is 0 Å². The average Bonchev–Trinajstić information content (AvgIpc) is 2.43. The lowest BCUT2D eigenvalue weighted by Crippen LogP contribution is -2.50. The molecule has 2 rings (SSSR count). The summed E-state index contributed by atoms with van der Waals surface area (Å²) >= 11 is 0. The summed E-state index contributed by atoms with van der Waals surface area (Å²) in [7, 11) is 0. The van der Waals surface area contributed by atoms with Crippen LogP contribution in [0.3, 0.4) is 0 Å². The van der Waals surface area contributed by atoms with Crippen LogP contribution in [0, 0.1) is 0 Å². The minimum Gasteiger partial charge on any atom is -0.491 e. The van der Waals surface area contributed by atoms with E-state index in [2.05, 4.69) is 10.6 Å².